The third-order valence-corrected chi connectivity index (χ3v) is 2.68. The van der Waals surface area contributed by atoms with Crippen LogP contribution < -0.4 is 0 Å². The molecule has 13 heavy (non-hydrogen) atoms. The van der Waals surface area contributed by atoms with Gasteiger partial charge in [-0.2, -0.15) is 0 Å². The quantitative estimate of drug-likeness (QED) is 0.719. The molecule has 0 radical (unpaired) electrons. The molecule has 0 spiro atoms. The van der Waals surface area contributed by atoms with Gasteiger partial charge in [0, 0.05) is 12.0 Å². The number of aliphatic hydroxyl groups is 1. The zero-order valence-electron chi connectivity index (χ0n) is 6.95. The number of carbonyl (C=O) groups excluding carboxylic acids is 1. The molecule has 0 atom stereocenters. The van der Waals surface area contributed by atoms with Crippen LogP contribution in [0, 0.1) is 0 Å². The van der Waals surface area contributed by atoms with Gasteiger partial charge in [0.2, 0.25) is 0 Å². The summed E-state index contributed by atoms with van der Waals surface area (Å²) in [6, 6.07) is 0. The van der Waals surface area contributed by atoms with E-state index >= 15 is 0 Å². The second-order valence-electron chi connectivity index (χ2n) is 2.74. The van der Waals surface area contributed by atoms with Gasteiger partial charge in [-0.25, -0.2) is 0 Å². The Morgan fingerprint density at radius 3 is 2.69 bits per heavy atom. The highest BCUT2D eigenvalue weighted by molar-refractivity contribution is 8.04. The van der Waals surface area contributed by atoms with Crippen LogP contribution in [-0.2, 0) is 9.59 Å². The second kappa shape index (κ2) is 4.32. The molecular weight excluding hydrogens is 192 g/mol. The molecule has 1 aliphatic heterocycles. The third kappa shape index (κ3) is 2.77. The molecule has 0 aromatic carbocycles. The van der Waals surface area contributed by atoms with E-state index in [2.05, 4.69) is 0 Å². The van der Waals surface area contributed by atoms with Gasteiger partial charge >= 0.3 is 5.97 Å². The predicted molar refractivity (Wildman–Crippen MR) is 48.6 cm³/mol. The van der Waals surface area contributed by atoms with Crippen LogP contribution in [0.25, 0.3) is 0 Å². The Bertz CT molecular complexity index is 269. The van der Waals surface area contributed by atoms with Crippen LogP contribution in [0.4, 0.5) is 0 Å². The van der Waals surface area contributed by atoms with E-state index in [4.69, 9.17) is 5.11 Å². The molecule has 0 unspecified atom stereocenters. The molecule has 1 aliphatic rings. The van der Waals surface area contributed by atoms with Crippen LogP contribution in [0.3, 0.4) is 0 Å². The van der Waals surface area contributed by atoms with E-state index in [1.807, 2.05) is 0 Å². The number of carboxylic acids is 1. The van der Waals surface area contributed by atoms with E-state index in [0.29, 0.717) is 18.4 Å². The van der Waals surface area contributed by atoms with Gasteiger partial charge in [0.1, 0.15) is 0 Å². The molecule has 1 rings (SSSR count). The van der Waals surface area contributed by atoms with Gasteiger partial charge in [-0.1, -0.05) is 11.8 Å². The summed E-state index contributed by atoms with van der Waals surface area (Å²) in [7, 11) is 0. The lowest BCUT2D eigenvalue weighted by Crippen LogP contribution is -2.02. The van der Waals surface area contributed by atoms with Gasteiger partial charge in [-0.05, 0) is 12.8 Å². The van der Waals surface area contributed by atoms with Gasteiger partial charge in [-0.15, -0.1) is 0 Å². The Morgan fingerprint density at radius 1 is 1.54 bits per heavy atom. The van der Waals surface area contributed by atoms with Gasteiger partial charge in [0.05, 0.1) is 5.75 Å². The lowest BCUT2D eigenvalue weighted by atomic mass is 10.1. The minimum absolute atomic E-state index is 0.0364. The molecule has 0 fully saturated rings. The van der Waals surface area contributed by atoms with E-state index in [1.165, 1.54) is 0 Å². The standard InChI is InChI=1S/C8H10O4S/c9-6-4-13-8(12)5(6)2-1-3-7(10)11/h12H,1-4H2,(H,10,11). The fraction of sp³-hybridized carbons (Fsp3) is 0.500. The Balaban J connectivity index is 2.40. The summed E-state index contributed by atoms with van der Waals surface area (Å²) in [5, 5.41) is 17.6. The number of thioether (sulfide) groups is 1. The maximum atomic E-state index is 11.1. The van der Waals surface area contributed by atoms with Crippen LogP contribution in [-0.4, -0.2) is 27.7 Å². The topological polar surface area (TPSA) is 74.6 Å². The van der Waals surface area contributed by atoms with Crippen molar-refractivity contribution in [1.29, 1.82) is 0 Å². The molecule has 0 aromatic heterocycles. The highest BCUT2D eigenvalue weighted by Crippen LogP contribution is 2.29. The van der Waals surface area contributed by atoms with Crippen molar-refractivity contribution in [1.82, 2.24) is 0 Å². The molecule has 0 amide bonds. The average molecular weight is 202 g/mol. The second-order valence-corrected chi connectivity index (χ2v) is 3.71. The summed E-state index contributed by atoms with van der Waals surface area (Å²) >= 11 is 1.11. The fourth-order valence-electron chi connectivity index (χ4n) is 1.09. The Kier molecular flexibility index (Phi) is 3.36. The van der Waals surface area contributed by atoms with Gasteiger partial charge in [0.25, 0.3) is 0 Å². The summed E-state index contributed by atoms with van der Waals surface area (Å²) in [6.07, 6.45) is 0.805. The molecule has 0 aliphatic carbocycles. The summed E-state index contributed by atoms with van der Waals surface area (Å²) in [6.45, 7) is 0. The number of carbonyl (C=O) groups is 2. The first-order valence-electron chi connectivity index (χ1n) is 3.91. The first-order valence-corrected chi connectivity index (χ1v) is 4.89. The molecule has 1 heterocycles. The maximum absolute atomic E-state index is 11.1. The summed E-state index contributed by atoms with van der Waals surface area (Å²) in [5.74, 6) is -0.667. The van der Waals surface area contributed by atoms with E-state index in [1.54, 1.807) is 0 Å². The molecule has 0 bridgehead atoms. The van der Waals surface area contributed by atoms with Gasteiger partial charge in [0.15, 0.2) is 10.9 Å². The van der Waals surface area contributed by atoms with Crippen molar-refractivity contribution in [3.05, 3.63) is 10.7 Å². The van der Waals surface area contributed by atoms with Crippen LogP contribution in [0.1, 0.15) is 19.3 Å². The Morgan fingerprint density at radius 2 is 2.23 bits per heavy atom. The molecule has 5 heteroatoms. The fourth-order valence-corrected chi connectivity index (χ4v) is 1.92. The summed E-state index contributed by atoms with van der Waals surface area (Å²) in [5.41, 5.74) is 0.395. The van der Waals surface area contributed by atoms with E-state index < -0.39 is 5.97 Å². The van der Waals surface area contributed by atoms with E-state index in [-0.39, 0.29) is 23.0 Å². The van der Waals surface area contributed by atoms with Crippen molar-refractivity contribution < 1.29 is 19.8 Å². The Hall–Kier alpha value is -0.970. The molecule has 4 nitrogen and oxygen atoms in total. The predicted octanol–water partition coefficient (Wildman–Crippen LogP) is 1.33. The smallest absolute Gasteiger partial charge is 0.303 e. The minimum atomic E-state index is -0.877. The zero-order chi connectivity index (χ0) is 9.84. The lowest BCUT2D eigenvalue weighted by Gasteiger charge is -1.98. The number of allylic oxidation sites excluding steroid dienone is 1. The Labute approximate surface area is 79.6 Å². The van der Waals surface area contributed by atoms with Crippen molar-refractivity contribution in [3.63, 3.8) is 0 Å². The van der Waals surface area contributed by atoms with Crippen LogP contribution >= 0.6 is 11.8 Å². The van der Waals surface area contributed by atoms with Crippen molar-refractivity contribution in [2.24, 2.45) is 0 Å². The number of aliphatic carboxylic acids is 1. The van der Waals surface area contributed by atoms with Gasteiger partial charge in [-0.3, -0.25) is 9.59 Å². The van der Waals surface area contributed by atoms with Gasteiger partial charge < -0.3 is 10.2 Å². The van der Waals surface area contributed by atoms with E-state index in [9.17, 15) is 14.7 Å². The maximum Gasteiger partial charge on any atom is 0.303 e. The first-order chi connectivity index (χ1) is 6.11. The van der Waals surface area contributed by atoms with Crippen molar-refractivity contribution >= 4 is 23.5 Å². The number of aliphatic hydroxyl groups excluding tert-OH is 1. The largest absolute Gasteiger partial charge is 0.502 e. The molecule has 0 saturated carbocycles. The average Bonchev–Trinajstić information content (AvgIpc) is 2.34. The van der Waals surface area contributed by atoms with Crippen molar-refractivity contribution in [2.45, 2.75) is 19.3 Å². The molecule has 2 N–H and O–H groups in total. The van der Waals surface area contributed by atoms with Crippen LogP contribution in [0.2, 0.25) is 0 Å². The monoisotopic (exact) mass is 202 g/mol. The molecular formula is C8H10O4S. The van der Waals surface area contributed by atoms with Crippen molar-refractivity contribution in [2.75, 3.05) is 5.75 Å². The van der Waals surface area contributed by atoms with Crippen LogP contribution in [0.15, 0.2) is 10.7 Å². The molecule has 0 saturated heterocycles. The third-order valence-electron chi connectivity index (χ3n) is 1.75. The zero-order valence-corrected chi connectivity index (χ0v) is 7.76. The van der Waals surface area contributed by atoms with E-state index in [0.717, 1.165) is 11.8 Å². The number of ketones is 1. The molecule has 72 valence electrons. The number of rotatable bonds is 4. The minimum Gasteiger partial charge on any atom is -0.502 e. The lowest BCUT2D eigenvalue weighted by molar-refractivity contribution is -0.137. The first kappa shape index (κ1) is 10.1. The highest BCUT2D eigenvalue weighted by atomic mass is 32.2. The van der Waals surface area contributed by atoms with Crippen molar-refractivity contribution in [3.8, 4) is 0 Å². The summed E-state index contributed by atoms with van der Waals surface area (Å²) in [4.78, 5) is 21.2. The molecule has 0 aromatic rings. The number of Topliss-reactive ketones (excluding diaryl/α,β-unsaturated/α-hetero) is 1. The number of hydrogen-bond donors (Lipinski definition) is 2. The normalized spacial score (nSPS) is 16.8. The number of hydrogen-bond acceptors (Lipinski definition) is 4. The van der Waals surface area contributed by atoms with Crippen LogP contribution in [0.5, 0.6) is 0 Å². The summed E-state index contributed by atoms with van der Waals surface area (Å²) < 4.78 is 0. The highest BCUT2D eigenvalue weighted by Gasteiger charge is 2.22. The SMILES string of the molecule is O=C(O)CCCC1=C(O)SCC1=O. The number of carboxylic acid groups (broad SMARTS) is 1.